The van der Waals surface area contributed by atoms with Gasteiger partial charge in [0.1, 0.15) is 6.04 Å². The summed E-state index contributed by atoms with van der Waals surface area (Å²) in [5, 5.41) is 3.25. The molecule has 1 aromatic rings. The summed E-state index contributed by atoms with van der Waals surface area (Å²) in [6.45, 7) is 3.54. The van der Waals surface area contributed by atoms with Crippen LogP contribution in [0.1, 0.15) is 63.6 Å². The summed E-state index contributed by atoms with van der Waals surface area (Å²) < 4.78 is 0. The number of carbonyl (C=O) groups excluding carboxylic acids is 2. The molecule has 2 saturated heterocycles. The maximum atomic E-state index is 13.0. The monoisotopic (exact) mass is 399 g/mol. The molecule has 29 heavy (non-hydrogen) atoms. The van der Waals surface area contributed by atoms with Gasteiger partial charge in [-0.3, -0.25) is 14.6 Å². The van der Waals surface area contributed by atoms with Crippen molar-refractivity contribution in [1.29, 1.82) is 0 Å². The van der Waals surface area contributed by atoms with Crippen LogP contribution in [0.3, 0.4) is 0 Å². The fourth-order valence-electron chi connectivity index (χ4n) is 4.83. The van der Waals surface area contributed by atoms with Crippen molar-refractivity contribution in [3.05, 3.63) is 30.1 Å². The SMILES string of the molecule is CC1CCC(NC(=O)C2CCCN(C(=O)C3CC(c4ccccn4)NN3)C2)CC1. The van der Waals surface area contributed by atoms with Gasteiger partial charge in [-0.2, -0.15) is 0 Å². The van der Waals surface area contributed by atoms with Gasteiger partial charge in [-0.25, -0.2) is 10.9 Å². The van der Waals surface area contributed by atoms with Crippen molar-refractivity contribution in [2.24, 2.45) is 11.8 Å². The summed E-state index contributed by atoms with van der Waals surface area (Å²) >= 11 is 0. The Labute approximate surface area is 173 Å². The van der Waals surface area contributed by atoms with Gasteiger partial charge in [0.15, 0.2) is 0 Å². The molecule has 7 heteroatoms. The fraction of sp³-hybridized carbons (Fsp3) is 0.682. The Morgan fingerprint density at radius 3 is 2.72 bits per heavy atom. The zero-order valence-electron chi connectivity index (χ0n) is 17.3. The maximum absolute atomic E-state index is 13.0. The molecule has 3 fully saturated rings. The summed E-state index contributed by atoms with van der Waals surface area (Å²) in [7, 11) is 0. The zero-order chi connectivity index (χ0) is 20.2. The average Bonchev–Trinajstić information content (AvgIpc) is 3.26. The molecule has 2 aliphatic heterocycles. The van der Waals surface area contributed by atoms with Crippen molar-refractivity contribution in [3.8, 4) is 0 Å². The molecule has 1 aliphatic carbocycles. The smallest absolute Gasteiger partial charge is 0.241 e. The molecule has 158 valence electrons. The molecule has 2 amide bonds. The number of nitrogens with one attached hydrogen (secondary N) is 3. The van der Waals surface area contributed by atoms with Crippen LogP contribution in [0, 0.1) is 11.8 Å². The molecular weight excluding hydrogens is 366 g/mol. The van der Waals surface area contributed by atoms with E-state index < -0.39 is 0 Å². The Balaban J connectivity index is 1.29. The van der Waals surface area contributed by atoms with Gasteiger partial charge in [0.05, 0.1) is 17.7 Å². The van der Waals surface area contributed by atoms with E-state index in [0.29, 0.717) is 19.0 Å². The molecule has 0 aromatic carbocycles. The second-order valence-electron chi connectivity index (χ2n) is 8.97. The predicted octanol–water partition coefficient (Wildman–Crippen LogP) is 1.92. The highest BCUT2D eigenvalue weighted by Crippen LogP contribution is 2.26. The Morgan fingerprint density at radius 2 is 1.97 bits per heavy atom. The van der Waals surface area contributed by atoms with Crippen LogP contribution in [-0.4, -0.2) is 46.9 Å². The van der Waals surface area contributed by atoms with Gasteiger partial charge >= 0.3 is 0 Å². The van der Waals surface area contributed by atoms with E-state index in [0.717, 1.165) is 43.8 Å². The molecule has 3 aliphatic rings. The number of piperidine rings is 1. The molecule has 0 radical (unpaired) electrons. The van der Waals surface area contributed by atoms with Crippen molar-refractivity contribution in [2.45, 2.75) is 70.0 Å². The van der Waals surface area contributed by atoms with Crippen LogP contribution in [-0.2, 0) is 9.59 Å². The van der Waals surface area contributed by atoms with E-state index in [9.17, 15) is 9.59 Å². The Morgan fingerprint density at radius 1 is 1.14 bits per heavy atom. The topological polar surface area (TPSA) is 86.4 Å². The number of carbonyl (C=O) groups is 2. The average molecular weight is 400 g/mol. The molecule has 0 bridgehead atoms. The van der Waals surface area contributed by atoms with Crippen LogP contribution in [0.4, 0.5) is 0 Å². The highest BCUT2D eigenvalue weighted by molar-refractivity contribution is 5.84. The van der Waals surface area contributed by atoms with Gasteiger partial charge in [-0.1, -0.05) is 13.0 Å². The molecule has 3 N–H and O–H groups in total. The first-order chi connectivity index (χ1) is 14.1. The minimum atomic E-state index is -0.274. The van der Waals surface area contributed by atoms with E-state index in [4.69, 9.17) is 0 Å². The lowest BCUT2D eigenvalue weighted by molar-refractivity contribution is -0.137. The van der Waals surface area contributed by atoms with E-state index in [1.807, 2.05) is 23.1 Å². The molecule has 4 rings (SSSR count). The first-order valence-electron chi connectivity index (χ1n) is 11.1. The van der Waals surface area contributed by atoms with Crippen LogP contribution in [0.15, 0.2) is 24.4 Å². The Bertz CT molecular complexity index is 704. The van der Waals surface area contributed by atoms with E-state index in [-0.39, 0.29) is 29.8 Å². The number of hydrogen-bond donors (Lipinski definition) is 3. The van der Waals surface area contributed by atoms with Crippen LogP contribution in [0.2, 0.25) is 0 Å². The number of aromatic nitrogens is 1. The van der Waals surface area contributed by atoms with Gasteiger partial charge < -0.3 is 10.2 Å². The lowest BCUT2D eigenvalue weighted by Crippen LogP contribution is -2.52. The minimum Gasteiger partial charge on any atom is -0.353 e. The molecule has 1 aromatic heterocycles. The molecule has 3 heterocycles. The van der Waals surface area contributed by atoms with E-state index in [1.54, 1.807) is 6.20 Å². The number of nitrogens with zero attached hydrogens (tertiary/aromatic N) is 2. The highest BCUT2D eigenvalue weighted by atomic mass is 16.2. The summed E-state index contributed by atoms with van der Waals surface area (Å²) in [6.07, 6.45) is 8.73. The number of rotatable bonds is 4. The molecule has 3 unspecified atom stereocenters. The fourth-order valence-corrected chi connectivity index (χ4v) is 4.83. The van der Waals surface area contributed by atoms with Crippen LogP contribution >= 0.6 is 0 Å². The van der Waals surface area contributed by atoms with E-state index >= 15 is 0 Å². The van der Waals surface area contributed by atoms with E-state index in [1.165, 1.54) is 12.8 Å². The summed E-state index contributed by atoms with van der Waals surface area (Å²) in [5.41, 5.74) is 7.27. The first kappa shape index (κ1) is 20.3. The van der Waals surface area contributed by atoms with Gasteiger partial charge in [-0.05, 0) is 63.0 Å². The van der Waals surface area contributed by atoms with Crippen molar-refractivity contribution < 1.29 is 9.59 Å². The third kappa shape index (κ3) is 4.95. The lowest BCUT2D eigenvalue weighted by atomic mass is 9.87. The zero-order valence-corrected chi connectivity index (χ0v) is 17.3. The number of likely N-dealkylation sites (tertiary alicyclic amines) is 1. The largest absolute Gasteiger partial charge is 0.353 e. The van der Waals surface area contributed by atoms with Crippen LogP contribution in [0.25, 0.3) is 0 Å². The quantitative estimate of drug-likeness (QED) is 0.720. The third-order valence-electron chi connectivity index (χ3n) is 6.71. The highest BCUT2D eigenvalue weighted by Gasteiger charge is 2.36. The molecular formula is C22H33N5O2. The number of amides is 2. The predicted molar refractivity (Wildman–Crippen MR) is 111 cm³/mol. The summed E-state index contributed by atoms with van der Waals surface area (Å²) in [5.74, 6) is 0.896. The van der Waals surface area contributed by atoms with Crippen molar-refractivity contribution >= 4 is 11.8 Å². The molecule has 7 nitrogen and oxygen atoms in total. The van der Waals surface area contributed by atoms with Gasteiger partial charge in [-0.15, -0.1) is 0 Å². The number of pyridine rings is 1. The minimum absolute atomic E-state index is 0.0303. The standard InChI is InChI=1S/C22H33N5O2/c1-15-7-9-17(10-8-15)24-21(28)16-5-4-12-27(14-16)22(29)20-13-19(25-26-20)18-6-2-3-11-23-18/h2-3,6,11,15-17,19-20,25-26H,4-5,7-10,12-14H2,1H3,(H,24,28). The summed E-state index contributed by atoms with van der Waals surface area (Å²) in [6, 6.07) is 5.89. The third-order valence-corrected chi connectivity index (χ3v) is 6.71. The van der Waals surface area contributed by atoms with Gasteiger partial charge in [0, 0.05) is 25.3 Å². The Kier molecular flexibility index (Phi) is 6.45. The number of hydrazine groups is 1. The van der Waals surface area contributed by atoms with Crippen molar-refractivity contribution in [1.82, 2.24) is 26.1 Å². The normalized spacial score (nSPS) is 32.7. The van der Waals surface area contributed by atoms with Crippen LogP contribution in [0.5, 0.6) is 0 Å². The van der Waals surface area contributed by atoms with Gasteiger partial charge in [0.2, 0.25) is 11.8 Å². The van der Waals surface area contributed by atoms with Crippen LogP contribution < -0.4 is 16.2 Å². The lowest BCUT2D eigenvalue weighted by Gasteiger charge is -2.35. The van der Waals surface area contributed by atoms with Crippen molar-refractivity contribution in [2.75, 3.05) is 13.1 Å². The van der Waals surface area contributed by atoms with Gasteiger partial charge in [0.25, 0.3) is 0 Å². The molecule has 0 spiro atoms. The first-order valence-corrected chi connectivity index (χ1v) is 11.1. The maximum Gasteiger partial charge on any atom is 0.241 e. The Hall–Kier alpha value is -1.99. The van der Waals surface area contributed by atoms with Crippen molar-refractivity contribution in [3.63, 3.8) is 0 Å². The second kappa shape index (κ2) is 9.22. The van der Waals surface area contributed by atoms with E-state index in [2.05, 4.69) is 28.1 Å². The molecule has 1 saturated carbocycles. The second-order valence-corrected chi connectivity index (χ2v) is 8.97. The number of hydrogen-bond acceptors (Lipinski definition) is 5. The molecule has 3 atom stereocenters. The summed E-state index contributed by atoms with van der Waals surface area (Å²) in [4.78, 5) is 32.1.